The lowest BCUT2D eigenvalue weighted by molar-refractivity contribution is -0.832. The maximum Gasteiger partial charge on any atom is 0.415 e. The third kappa shape index (κ3) is 6.70. The van der Waals surface area contributed by atoms with Crippen molar-refractivity contribution >= 4 is 49.9 Å². The fraction of sp³-hybridized carbons (Fsp3) is 0.258. The molecule has 1 fully saturated rings. The molecule has 0 aliphatic carbocycles. The number of ether oxygens (including phenoxy) is 2. The first-order valence-corrected chi connectivity index (χ1v) is 17.0. The summed E-state index contributed by atoms with van der Waals surface area (Å²) in [5.41, 5.74) is 1.51. The van der Waals surface area contributed by atoms with Crippen LogP contribution in [0.15, 0.2) is 98.6 Å². The van der Waals surface area contributed by atoms with Gasteiger partial charge in [-0.25, -0.2) is 18.4 Å². The Hall–Kier alpha value is -4.89. The molecule has 5 aromatic rings. The smallest absolute Gasteiger partial charge is 0.415 e. The molecule has 1 N–H and O–H groups in total. The molecule has 46 heavy (non-hydrogen) atoms. The summed E-state index contributed by atoms with van der Waals surface area (Å²) in [4.78, 5) is 24.0. The van der Waals surface area contributed by atoms with Gasteiger partial charge in [0, 0.05) is 31.3 Å². The number of carbonyl (C=O) groups excluding carboxylic acids is 1. The highest BCUT2D eigenvalue weighted by molar-refractivity contribution is 7.99. The van der Waals surface area contributed by atoms with Gasteiger partial charge in [-0.1, -0.05) is 54.2 Å². The van der Waals surface area contributed by atoms with Gasteiger partial charge in [0.25, 0.3) is 9.84 Å². The van der Waals surface area contributed by atoms with Crippen LogP contribution in [0.3, 0.4) is 0 Å². The molecule has 2 aromatic heterocycles. The molecular weight excluding hydrogens is 633 g/mol. The number of sulfone groups is 1. The van der Waals surface area contributed by atoms with E-state index in [1.807, 2.05) is 55.5 Å². The molecule has 0 bridgehead atoms. The Bertz CT molecular complexity index is 1950. The number of likely N-dealkylation sites (tertiary alicyclic amines) is 1. The highest BCUT2D eigenvalue weighted by atomic mass is 32.2. The molecule has 15 heteroatoms. The number of piperidine rings is 1. The Morgan fingerprint density at radius 1 is 1.04 bits per heavy atom. The third-order valence-electron chi connectivity index (χ3n) is 7.28. The lowest BCUT2D eigenvalue weighted by Crippen LogP contribution is -2.42. The number of nitrogens with one attached hydrogen (secondary N) is 1. The molecule has 3 heterocycles. The molecule has 0 spiro atoms. The van der Waals surface area contributed by atoms with E-state index in [4.69, 9.17) is 14.5 Å². The molecule has 1 aliphatic heterocycles. The van der Waals surface area contributed by atoms with Crippen LogP contribution >= 0.6 is 11.8 Å². The van der Waals surface area contributed by atoms with Crippen molar-refractivity contribution in [1.29, 1.82) is 0 Å². The molecule has 1 amide bonds. The number of aromatic nitrogens is 4. The SMILES string of the molecule is CCOc1ccccc1Nc1nc(SCC(=O)N2CCC(Oc3no[n+]([O-])c3S(=O)(=O)c3ccccc3)CC2)nc2ccccc12. The van der Waals surface area contributed by atoms with E-state index in [1.54, 1.807) is 23.1 Å². The van der Waals surface area contributed by atoms with Gasteiger partial charge in [0.15, 0.2) is 5.16 Å². The minimum Gasteiger partial charge on any atom is -0.492 e. The second-order valence-electron chi connectivity index (χ2n) is 10.3. The predicted octanol–water partition coefficient (Wildman–Crippen LogP) is 4.39. The van der Waals surface area contributed by atoms with Crippen molar-refractivity contribution in [1.82, 2.24) is 20.0 Å². The van der Waals surface area contributed by atoms with E-state index in [9.17, 15) is 18.4 Å². The van der Waals surface area contributed by atoms with Gasteiger partial charge in [-0.3, -0.25) is 9.42 Å². The van der Waals surface area contributed by atoms with E-state index in [0.29, 0.717) is 49.3 Å². The van der Waals surface area contributed by atoms with Gasteiger partial charge in [0.1, 0.15) is 17.7 Å². The highest BCUT2D eigenvalue weighted by Crippen LogP contribution is 2.32. The first-order valence-electron chi connectivity index (χ1n) is 14.6. The topological polar surface area (TPSA) is 164 Å². The number of amides is 1. The molecule has 0 unspecified atom stereocenters. The fourth-order valence-corrected chi connectivity index (χ4v) is 7.05. The number of rotatable bonds is 11. The Balaban J connectivity index is 1.09. The van der Waals surface area contributed by atoms with E-state index < -0.39 is 26.8 Å². The monoisotopic (exact) mass is 662 g/mol. The number of carbonyl (C=O) groups is 1. The van der Waals surface area contributed by atoms with Crippen LogP contribution in [0.4, 0.5) is 11.5 Å². The zero-order valence-electron chi connectivity index (χ0n) is 24.7. The Morgan fingerprint density at radius 2 is 1.76 bits per heavy atom. The maximum absolute atomic E-state index is 13.2. The van der Waals surface area contributed by atoms with Gasteiger partial charge in [0.2, 0.25) is 5.91 Å². The van der Waals surface area contributed by atoms with Crippen molar-refractivity contribution in [2.45, 2.75) is 40.9 Å². The van der Waals surface area contributed by atoms with Crippen molar-refractivity contribution in [3.8, 4) is 11.6 Å². The van der Waals surface area contributed by atoms with Gasteiger partial charge in [-0.2, -0.15) is 0 Å². The summed E-state index contributed by atoms with van der Waals surface area (Å²) in [6.07, 6.45) is 0.350. The van der Waals surface area contributed by atoms with Crippen LogP contribution in [0.25, 0.3) is 10.9 Å². The van der Waals surface area contributed by atoms with Gasteiger partial charge >= 0.3 is 10.9 Å². The lowest BCUT2D eigenvalue weighted by Gasteiger charge is -2.31. The van der Waals surface area contributed by atoms with Gasteiger partial charge < -0.3 is 24.9 Å². The van der Waals surface area contributed by atoms with Crippen molar-refractivity contribution < 1.29 is 32.2 Å². The van der Waals surface area contributed by atoms with E-state index in [0.717, 1.165) is 16.6 Å². The minimum absolute atomic E-state index is 0.0841. The van der Waals surface area contributed by atoms with Crippen LogP contribution < -0.4 is 19.7 Å². The van der Waals surface area contributed by atoms with Crippen LogP contribution in [-0.2, 0) is 14.6 Å². The highest BCUT2D eigenvalue weighted by Gasteiger charge is 2.37. The van der Waals surface area contributed by atoms with Gasteiger partial charge in [0.05, 0.1) is 33.6 Å². The molecule has 0 atom stereocenters. The van der Waals surface area contributed by atoms with Crippen LogP contribution in [0.1, 0.15) is 19.8 Å². The molecule has 6 rings (SSSR count). The summed E-state index contributed by atoms with van der Waals surface area (Å²) in [6, 6.07) is 22.8. The molecule has 238 valence electrons. The first kappa shape index (κ1) is 31.1. The first-order chi connectivity index (χ1) is 22.3. The summed E-state index contributed by atoms with van der Waals surface area (Å²) >= 11 is 1.24. The Morgan fingerprint density at radius 3 is 2.54 bits per heavy atom. The third-order valence-corrected chi connectivity index (χ3v) is 9.83. The summed E-state index contributed by atoms with van der Waals surface area (Å²) in [5.74, 6) is 0.932. The number of anilines is 2. The van der Waals surface area contributed by atoms with Crippen molar-refractivity contribution in [2.75, 3.05) is 30.8 Å². The average molecular weight is 663 g/mol. The minimum atomic E-state index is -4.23. The lowest BCUT2D eigenvalue weighted by atomic mass is 10.1. The predicted molar refractivity (Wildman–Crippen MR) is 169 cm³/mol. The van der Waals surface area contributed by atoms with Crippen molar-refractivity contribution in [2.24, 2.45) is 0 Å². The second kappa shape index (κ2) is 13.6. The van der Waals surface area contributed by atoms with E-state index in [1.165, 1.54) is 23.9 Å². The molecule has 13 nitrogen and oxygen atoms in total. The van der Waals surface area contributed by atoms with Crippen LogP contribution in [0.5, 0.6) is 11.6 Å². The van der Waals surface area contributed by atoms with Gasteiger partial charge in [-0.05, 0) is 48.2 Å². The second-order valence-corrected chi connectivity index (χ2v) is 13.1. The molecule has 0 radical (unpaired) electrons. The maximum atomic E-state index is 13.2. The normalized spacial score (nSPS) is 13.9. The quantitative estimate of drug-likeness (QED) is 0.121. The largest absolute Gasteiger partial charge is 0.492 e. The number of hydrogen-bond acceptors (Lipinski definition) is 12. The molecule has 1 aliphatic rings. The van der Waals surface area contributed by atoms with E-state index in [2.05, 4.69) is 20.1 Å². The number of hydrogen-bond donors (Lipinski definition) is 1. The Kier molecular flexibility index (Phi) is 9.21. The van der Waals surface area contributed by atoms with E-state index >= 15 is 0 Å². The number of fused-ring (bicyclic) bond motifs is 1. The molecule has 0 saturated carbocycles. The number of benzene rings is 3. The Labute approximate surface area is 269 Å². The van der Waals surface area contributed by atoms with Crippen LogP contribution in [0, 0.1) is 5.21 Å². The van der Waals surface area contributed by atoms with E-state index in [-0.39, 0.29) is 21.5 Å². The number of thioether (sulfide) groups is 1. The fourth-order valence-electron chi connectivity index (χ4n) is 5.02. The number of para-hydroxylation sites is 3. The molecule has 3 aromatic carbocycles. The van der Waals surface area contributed by atoms with Crippen molar-refractivity contribution in [3.05, 3.63) is 84.1 Å². The van der Waals surface area contributed by atoms with Gasteiger partial charge in [-0.15, -0.1) is 0 Å². The molecule has 1 saturated heterocycles. The van der Waals surface area contributed by atoms with Crippen molar-refractivity contribution in [3.63, 3.8) is 0 Å². The van der Waals surface area contributed by atoms with Crippen LogP contribution in [-0.4, -0.2) is 65.9 Å². The summed E-state index contributed by atoms with van der Waals surface area (Å²) in [6.45, 7) is 3.19. The zero-order valence-corrected chi connectivity index (χ0v) is 26.4. The van der Waals surface area contributed by atoms with Crippen LogP contribution in [0.2, 0.25) is 0 Å². The standard InChI is InChI=1S/C31H30N6O7S2/c1-2-42-26-15-9-8-14-25(26)32-28-23-12-6-7-13-24(23)33-31(34-28)45-20-27(38)36-18-16-21(17-19-36)43-29-30(37(39)44-35-29)46(40,41)22-10-4-3-5-11-22/h3-15,21H,2,16-20H2,1H3,(H,32,33,34). The number of nitrogens with zero attached hydrogens (tertiary/aromatic N) is 5. The summed E-state index contributed by atoms with van der Waals surface area (Å²) in [7, 11) is -4.23. The molecular formula is C31H30N6O7S2. The zero-order chi connectivity index (χ0) is 32.1. The summed E-state index contributed by atoms with van der Waals surface area (Å²) < 4.78 is 42.3. The summed E-state index contributed by atoms with van der Waals surface area (Å²) in [5, 5.41) is 19.7. The average Bonchev–Trinajstić information content (AvgIpc) is 3.45.